The maximum Gasteiger partial charge on any atom is 0.261 e. The molecule has 0 saturated carbocycles. The minimum atomic E-state index is -0.574. The van der Waals surface area contributed by atoms with Gasteiger partial charge in [-0.1, -0.05) is 19.9 Å². The average Bonchev–Trinajstić information content (AvgIpc) is 2.53. The van der Waals surface area contributed by atoms with Crippen molar-refractivity contribution in [2.24, 2.45) is 5.41 Å². The summed E-state index contributed by atoms with van der Waals surface area (Å²) in [7, 11) is 1.51. The molecule has 1 heterocycles. The van der Waals surface area contributed by atoms with E-state index in [9.17, 15) is 14.4 Å². The number of rotatable bonds is 3. The molecular weight excluding hydrogens is 332 g/mol. The van der Waals surface area contributed by atoms with Crippen LogP contribution in [0.4, 0.5) is 5.69 Å². The molecule has 0 fully saturated rings. The quantitative estimate of drug-likeness (QED) is 0.886. The maximum absolute atomic E-state index is 12.6. The van der Waals surface area contributed by atoms with E-state index in [2.05, 4.69) is 10.3 Å². The van der Waals surface area contributed by atoms with Crippen molar-refractivity contribution >= 4 is 17.4 Å². The molecule has 136 valence electrons. The summed E-state index contributed by atoms with van der Waals surface area (Å²) >= 11 is 0. The highest BCUT2D eigenvalue weighted by Gasteiger charge is 2.32. The molecule has 1 aromatic heterocycles. The van der Waals surface area contributed by atoms with Crippen molar-refractivity contribution < 1.29 is 14.3 Å². The van der Waals surface area contributed by atoms with E-state index in [1.54, 1.807) is 12.1 Å². The van der Waals surface area contributed by atoms with E-state index in [1.165, 1.54) is 13.2 Å². The number of carbonyl (C=O) groups is 2. The van der Waals surface area contributed by atoms with E-state index >= 15 is 0 Å². The first kappa shape index (κ1) is 17.9. The molecule has 1 aromatic carbocycles. The van der Waals surface area contributed by atoms with Gasteiger partial charge in [-0.05, 0) is 42.5 Å². The largest absolute Gasteiger partial charge is 0.495 e. The molecule has 0 saturated heterocycles. The number of ketones is 1. The minimum absolute atomic E-state index is 0.0605. The van der Waals surface area contributed by atoms with Crippen LogP contribution in [-0.4, -0.2) is 23.8 Å². The predicted molar refractivity (Wildman–Crippen MR) is 99.2 cm³/mol. The van der Waals surface area contributed by atoms with Gasteiger partial charge in [-0.2, -0.15) is 0 Å². The smallest absolute Gasteiger partial charge is 0.261 e. The molecule has 1 aliphatic carbocycles. The van der Waals surface area contributed by atoms with Crippen molar-refractivity contribution in [3.05, 3.63) is 57.0 Å². The fourth-order valence-electron chi connectivity index (χ4n) is 3.31. The van der Waals surface area contributed by atoms with Crippen LogP contribution in [0.25, 0.3) is 0 Å². The van der Waals surface area contributed by atoms with Gasteiger partial charge in [0.15, 0.2) is 5.78 Å². The van der Waals surface area contributed by atoms with Gasteiger partial charge in [-0.3, -0.25) is 14.4 Å². The standard InChI is InChI=1S/C20H22N2O4/c1-11-5-6-17(26-4)14(7-11)21-18(24)13-8-12-15(22-19(13)25)9-20(2,3)10-16(12)23/h5-8H,9-10H2,1-4H3,(H,21,24)(H,22,25). The van der Waals surface area contributed by atoms with E-state index in [0.717, 1.165) is 5.56 Å². The number of aryl methyl sites for hydroxylation is 1. The summed E-state index contributed by atoms with van der Waals surface area (Å²) in [4.78, 5) is 40.2. The molecule has 0 aliphatic heterocycles. The third-order valence-electron chi connectivity index (χ3n) is 4.57. The van der Waals surface area contributed by atoms with Crippen molar-refractivity contribution in [1.82, 2.24) is 4.98 Å². The van der Waals surface area contributed by atoms with Gasteiger partial charge in [-0.15, -0.1) is 0 Å². The molecule has 0 radical (unpaired) electrons. The molecule has 3 rings (SSSR count). The van der Waals surface area contributed by atoms with Crippen molar-refractivity contribution in [2.75, 3.05) is 12.4 Å². The minimum Gasteiger partial charge on any atom is -0.495 e. The number of fused-ring (bicyclic) bond motifs is 1. The van der Waals surface area contributed by atoms with Gasteiger partial charge < -0.3 is 15.0 Å². The highest BCUT2D eigenvalue weighted by Crippen LogP contribution is 2.33. The lowest BCUT2D eigenvalue weighted by molar-refractivity contribution is 0.0910. The SMILES string of the molecule is COc1ccc(C)cc1NC(=O)c1cc2c([nH]c1=O)CC(C)(C)CC2=O. The Bertz CT molecular complexity index is 957. The molecular formula is C20H22N2O4. The lowest BCUT2D eigenvalue weighted by Crippen LogP contribution is -2.32. The Kier molecular flexibility index (Phi) is 4.44. The van der Waals surface area contributed by atoms with Gasteiger partial charge in [-0.25, -0.2) is 0 Å². The Balaban J connectivity index is 1.97. The molecule has 2 aromatic rings. The number of aromatic nitrogens is 1. The Hall–Kier alpha value is -2.89. The number of nitrogens with one attached hydrogen (secondary N) is 2. The first-order valence-corrected chi connectivity index (χ1v) is 8.45. The highest BCUT2D eigenvalue weighted by atomic mass is 16.5. The van der Waals surface area contributed by atoms with E-state index in [4.69, 9.17) is 4.74 Å². The topological polar surface area (TPSA) is 88.3 Å². The van der Waals surface area contributed by atoms with E-state index in [-0.39, 0.29) is 16.8 Å². The second-order valence-electron chi connectivity index (χ2n) is 7.50. The van der Waals surface area contributed by atoms with Crippen LogP contribution in [0.1, 0.15) is 52.2 Å². The fourth-order valence-corrected chi connectivity index (χ4v) is 3.31. The summed E-state index contributed by atoms with van der Waals surface area (Å²) in [6.45, 7) is 5.86. The summed E-state index contributed by atoms with van der Waals surface area (Å²) in [6.07, 6.45) is 0.982. The summed E-state index contributed by atoms with van der Waals surface area (Å²) in [5.41, 5.74) is 1.65. The van der Waals surface area contributed by atoms with Crippen molar-refractivity contribution in [3.8, 4) is 5.75 Å². The second-order valence-corrected chi connectivity index (χ2v) is 7.50. The van der Waals surface area contributed by atoms with Crippen LogP contribution < -0.4 is 15.6 Å². The lowest BCUT2D eigenvalue weighted by atomic mass is 9.75. The van der Waals surface area contributed by atoms with E-state index in [1.807, 2.05) is 26.8 Å². The summed E-state index contributed by atoms with van der Waals surface area (Å²) in [6, 6.07) is 6.77. The number of amides is 1. The number of hydrogen-bond donors (Lipinski definition) is 2. The number of H-pyrrole nitrogens is 1. The normalized spacial score (nSPS) is 15.3. The van der Waals surface area contributed by atoms with Crippen LogP contribution in [0.5, 0.6) is 5.75 Å². The number of aromatic amines is 1. The monoisotopic (exact) mass is 354 g/mol. The summed E-state index contributed by atoms with van der Waals surface area (Å²) < 4.78 is 5.24. The number of ether oxygens (including phenoxy) is 1. The molecule has 1 amide bonds. The van der Waals surface area contributed by atoms with Gasteiger partial charge in [0.1, 0.15) is 11.3 Å². The first-order chi connectivity index (χ1) is 12.2. The zero-order valence-corrected chi connectivity index (χ0v) is 15.4. The van der Waals surface area contributed by atoms with Crippen LogP contribution in [0.3, 0.4) is 0 Å². The Morgan fingerprint density at radius 1 is 1.19 bits per heavy atom. The number of benzene rings is 1. The molecule has 0 bridgehead atoms. The van der Waals surface area contributed by atoms with Gasteiger partial charge in [0.2, 0.25) is 0 Å². The zero-order valence-electron chi connectivity index (χ0n) is 15.4. The van der Waals surface area contributed by atoms with Crippen molar-refractivity contribution in [2.45, 2.75) is 33.6 Å². The maximum atomic E-state index is 12.6. The Morgan fingerprint density at radius 3 is 2.62 bits per heavy atom. The molecule has 6 nitrogen and oxygen atoms in total. The van der Waals surface area contributed by atoms with Crippen molar-refractivity contribution in [1.29, 1.82) is 0 Å². The molecule has 0 atom stereocenters. The molecule has 0 unspecified atom stereocenters. The van der Waals surface area contributed by atoms with Crippen LogP contribution in [0.15, 0.2) is 29.1 Å². The third kappa shape index (κ3) is 3.40. The number of hydrogen-bond acceptors (Lipinski definition) is 4. The van der Waals surface area contributed by atoms with Gasteiger partial charge in [0, 0.05) is 17.7 Å². The van der Waals surface area contributed by atoms with Crippen LogP contribution >= 0.6 is 0 Å². The van der Waals surface area contributed by atoms with Gasteiger partial charge in [0.05, 0.1) is 12.8 Å². The molecule has 2 N–H and O–H groups in total. The van der Waals surface area contributed by atoms with E-state index < -0.39 is 11.5 Å². The van der Waals surface area contributed by atoms with E-state index in [0.29, 0.717) is 35.5 Å². The van der Waals surface area contributed by atoms with Crippen LogP contribution in [0, 0.1) is 12.3 Å². The zero-order chi connectivity index (χ0) is 19.1. The molecule has 1 aliphatic rings. The number of Topliss-reactive ketones (excluding diaryl/α,β-unsaturated/α-hetero) is 1. The predicted octanol–water partition coefficient (Wildman–Crippen LogP) is 3.10. The first-order valence-electron chi connectivity index (χ1n) is 8.45. The lowest BCUT2D eigenvalue weighted by Gasteiger charge is -2.29. The molecule has 0 spiro atoms. The number of anilines is 1. The highest BCUT2D eigenvalue weighted by molar-refractivity contribution is 6.07. The molecule has 6 heteroatoms. The van der Waals surface area contributed by atoms with Crippen LogP contribution in [-0.2, 0) is 6.42 Å². The summed E-state index contributed by atoms with van der Waals surface area (Å²) in [5.74, 6) is -0.138. The van der Waals surface area contributed by atoms with Crippen LogP contribution in [0.2, 0.25) is 0 Å². The summed E-state index contributed by atoms with van der Waals surface area (Å²) in [5, 5.41) is 2.70. The molecule has 26 heavy (non-hydrogen) atoms. The average molecular weight is 354 g/mol. The van der Waals surface area contributed by atoms with Gasteiger partial charge in [0.25, 0.3) is 11.5 Å². The Labute approximate surface area is 151 Å². The number of pyridine rings is 1. The third-order valence-corrected chi connectivity index (χ3v) is 4.57. The number of carbonyl (C=O) groups excluding carboxylic acids is 2. The number of methoxy groups -OCH3 is 1. The Morgan fingerprint density at radius 2 is 1.92 bits per heavy atom. The second kappa shape index (κ2) is 6.44. The van der Waals surface area contributed by atoms with Crippen molar-refractivity contribution in [3.63, 3.8) is 0 Å². The van der Waals surface area contributed by atoms with Gasteiger partial charge >= 0.3 is 0 Å². The fraction of sp³-hybridized carbons (Fsp3) is 0.350.